The number of aromatic nitrogens is 4. The lowest BCUT2D eigenvalue weighted by Gasteiger charge is -2.15. The Hall–Kier alpha value is -3.89. The van der Waals surface area contributed by atoms with Crippen LogP contribution in [0, 0.1) is 18.3 Å². The molecule has 0 atom stereocenters. The lowest BCUT2D eigenvalue weighted by molar-refractivity contribution is 0.433. The van der Waals surface area contributed by atoms with Gasteiger partial charge in [-0.2, -0.15) is 5.26 Å². The summed E-state index contributed by atoms with van der Waals surface area (Å²) in [6.45, 7) is 6.38. The zero-order valence-electron chi connectivity index (χ0n) is 18.5. The van der Waals surface area contributed by atoms with Crippen molar-refractivity contribution in [1.82, 2.24) is 25.4 Å². The fourth-order valence-electron chi connectivity index (χ4n) is 3.33. The molecular weight excluding hydrogens is 400 g/mol. The molecule has 0 aliphatic carbocycles. The van der Waals surface area contributed by atoms with E-state index in [9.17, 15) is 5.26 Å². The minimum absolute atomic E-state index is 0.554. The Morgan fingerprint density at radius 1 is 1.03 bits per heavy atom. The maximum Gasteiger partial charge on any atom is 0.187 e. The van der Waals surface area contributed by atoms with Crippen LogP contribution in [0.15, 0.2) is 59.4 Å². The predicted molar refractivity (Wildman–Crippen MR) is 122 cm³/mol. The Morgan fingerprint density at radius 3 is 2.53 bits per heavy atom. The Labute approximate surface area is 187 Å². The standard InChI is InChI=1S/C25H24N6O/c1-16-24(22-12-20(31-32-22)18-7-5-17(6-8-18)13-27-4)30-21(14-29-16)19-9-10-28-23(11-19)25(2,3)15-26/h5-12,14,27H,13H2,1-4H3. The van der Waals surface area contributed by atoms with Gasteiger partial charge in [0.25, 0.3) is 0 Å². The second kappa shape index (κ2) is 8.69. The van der Waals surface area contributed by atoms with Crippen molar-refractivity contribution in [2.75, 3.05) is 7.05 Å². The van der Waals surface area contributed by atoms with Crippen molar-refractivity contribution >= 4 is 0 Å². The van der Waals surface area contributed by atoms with Crippen molar-refractivity contribution in [2.45, 2.75) is 32.7 Å². The molecule has 0 fully saturated rings. The van der Waals surface area contributed by atoms with E-state index >= 15 is 0 Å². The van der Waals surface area contributed by atoms with Crippen LogP contribution in [0.1, 0.15) is 30.8 Å². The first-order valence-electron chi connectivity index (χ1n) is 10.3. The van der Waals surface area contributed by atoms with E-state index < -0.39 is 5.41 Å². The fourth-order valence-corrected chi connectivity index (χ4v) is 3.33. The maximum atomic E-state index is 9.44. The number of pyridine rings is 1. The lowest BCUT2D eigenvalue weighted by atomic mass is 9.90. The molecule has 3 heterocycles. The summed E-state index contributed by atoms with van der Waals surface area (Å²) in [5.41, 5.74) is 5.79. The molecule has 0 unspecified atom stereocenters. The van der Waals surface area contributed by atoms with Crippen LogP contribution in [-0.2, 0) is 12.0 Å². The molecule has 0 amide bonds. The topological polar surface area (TPSA) is 101 Å². The van der Waals surface area contributed by atoms with Gasteiger partial charge in [0.05, 0.1) is 34.8 Å². The first kappa shape index (κ1) is 21.3. The minimum atomic E-state index is -0.695. The van der Waals surface area contributed by atoms with Crippen LogP contribution in [0.2, 0.25) is 0 Å². The van der Waals surface area contributed by atoms with Crippen LogP contribution < -0.4 is 5.32 Å². The molecule has 0 aliphatic heterocycles. The molecule has 32 heavy (non-hydrogen) atoms. The first-order valence-corrected chi connectivity index (χ1v) is 10.3. The SMILES string of the molecule is CNCc1ccc(-c2cc(-c3nc(-c4ccnc(C(C)(C)C#N)c4)cnc3C)on2)cc1. The summed E-state index contributed by atoms with van der Waals surface area (Å²) in [5.74, 6) is 0.554. The van der Waals surface area contributed by atoms with E-state index in [1.807, 2.05) is 58.2 Å². The van der Waals surface area contributed by atoms with Gasteiger partial charge in [0.1, 0.15) is 11.4 Å². The Kier molecular flexibility index (Phi) is 5.80. The zero-order chi connectivity index (χ0) is 22.7. The highest BCUT2D eigenvalue weighted by atomic mass is 16.5. The molecule has 0 radical (unpaired) electrons. The van der Waals surface area contributed by atoms with Crippen LogP contribution in [-0.4, -0.2) is 27.2 Å². The molecule has 0 aliphatic rings. The van der Waals surface area contributed by atoms with Crippen molar-refractivity contribution in [3.05, 3.63) is 71.8 Å². The third-order valence-corrected chi connectivity index (χ3v) is 5.31. The highest BCUT2D eigenvalue weighted by molar-refractivity contribution is 5.68. The molecule has 0 spiro atoms. The van der Waals surface area contributed by atoms with Crippen LogP contribution >= 0.6 is 0 Å². The number of hydrogen-bond donors (Lipinski definition) is 1. The third kappa shape index (κ3) is 4.27. The van der Waals surface area contributed by atoms with Gasteiger partial charge in [0, 0.05) is 29.9 Å². The Bertz CT molecular complexity index is 1280. The molecule has 7 nitrogen and oxygen atoms in total. The molecule has 4 rings (SSSR count). The Morgan fingerprint density at radius 2 is 1.81 bits per heavy atom. The van der Waals surface area contributed by atoms with E-state index in [0.29, 0.717) is 22.8 Å². The number of aryl methyl sites for hydroxylation is 1. The van der Waals surface area contributed by atoms with Crippen molar-refractivity contribution in [2.24, 2.45) is 0 Å². The second-order valence-electron chi connectivity index (χ2n) is 8.16. The normalized spacial score (nSPS) is 11.3. The highest BCUT2D eigenvalue weighted by Crippen LogP contribution is 2.29. The molecule has 160 valence electrons. The summed E-state index contributed by atoms with van der Waals surface area (Å²) in [6.07, 6.45) is 3.41. The van der Waals surface area contributed by atoms with Crippen LogP contribution in [0.25, 0.3) is 34.0 Å². The van der Waals surface area contributed by atoms with Gasteiger partial charge in [-0.3, -0.25) is 9.97 Å². The van der Waals surface area contributed by atoms with Gasteiger partial charge in [-0.1, -0.05) is 29.4 Å². The van der Waals surface area contributed by atoms with Gasteiger partial charge in [0.15, 0.2) is 5.76 Å². The van der Waals surface area contributed by atoms with Crippen LogP contribution in [0.3, 0.4) is 0 Å². The summed E-state index contributed by atoms with van der Waals surface area (Å²) in [7, 11) is 1.92. The number of benzene rings is 1. The average molecular weight is 425 g/mol. The maximum absolute atomic E-state index is 9.44. The molecule has 7 heteroatoms. The third-order valence-electron chi connectivity index (χ3n) is 5.31. The van der Waals surface area contributed by atoms with E-state index in [1.54, 1.807) is 12.4 Å². The van der Waals surface area contributed by atoms with Gasteiger partial charge in [-0.15, -0.1) is 0 Å². The summed E-state index contributed by atoms with van der Waals surface area (Å²) in [4.78, 5) is 13.7. The number of nitrogens with zero attached hydrogens (tertiary/aromatic N) is 5. The predicted octanol–water partition coefficient (Wildman–Crippen LogP) is 4.69. The monoisotopic (exact) mass is 424 g/mol. The van der Waals surface area contributed by atoms with Crippen LogP contribution in [0.4, 0.5) is 0 Å². The molecule has 1 N–H and O–H groups in total. The van der Waals surface area contributed by atoms with E-state index in [4.69, 9.17) is 9.51 Å². The molecule has 0 saturated carbocycles. The largest absolute Gasteiger partial charge is 0.354 e. The highest BCUT2D eigenvalue weighted by Gasteiger charge is 2.22. The molecule has 4 aromatic rings. The molecule has 0 saturated heterocycles. The van der Waals surface area contributed by atoms with Gasteiger partial charge in [0.2, 0.25) is 0 Å². The second-order valence-corrected chi connectivity index (χ2v) is 8.16. The first-order chi connectivity index (χ1) is 15.4. The number of nitriles is 1. The quantitative estimate of drug-likeness (QED) is 0.479. The zero-order valence-corrected chi connectivity index (χ0v) is 18.5. The minimum Gasteiger partial charge on any atom is -0.354 e. The number of hydrogen-bond acceptors (Lipinski definition) is 7. The Balaban J connectivity index is 1.68. The number of rotatable bonds is 6. The van der Waals surface area contributed by atoms with Gasteiger partial charge in [-0.05, 0) is 45.5 Å². The van der Waals surface area contributed by atoms with E-state index in [0.717, 1.165) is 29.1 Å². The molecule has 3 aromatic heterocycles. The van der Waals surface area contributed by atoms with Crippen molar-refractivity contribution in [3.8, 4) is 40.0 Å². The number of nitrogens with one attached hydrogen (secondary N) is 1. The lowest BCUT2D eigenvalue weighted by Crippen LogP contribution is -2.15. The summed E-state index contributed by atoms with van der Waals surface area (Å²) in [5, 5.41) is 16.8. The van der Waals surface area contributed by atoms with Crippen molar-refractivity contribution < 1.29 is 4.52 Å². The van der Waals surface area contributed by atoms with E-state index in [-0.39, 0.29) is 0 Å². The van der Waals surface area contributed by atoms with Crippen LogP contribution in [0.5, 0.6) is 0 Å². The molecular formula is C25H24N6O. The summed E-state index contributed by atoms with van der Waals surface area (Å²) < 4.78 is 5.63. The smallest absolute Gasteiger partial charge is 0.187 e. The fraction of sp³-hybridized carbons (Fsp3) is 0.240. The molecule has 1 aromatic carbocycles. The van der Waals surface area contributed by atoms with Gasteiger partial charge in [-0.25, -0.2) is 4.98 Å². The average Bonchev–Trinajstić information content (AvgIpc) is 3.30. The van der Waals surface area contributed by atoms with Crippen molar-refractivity contribution in [3.63, 3.8) is 0 Å². The summed E-state index contributed by atoms with van der Waals surface area (Å²) in [6, 6.07) is 16.1. The van der Waals surface area contributed by atoms with Gasteiger partial charge >= 0.3 is 0 Å². The van der Waals surface area contributed by atoms with E-state index in [2.05, 4.69) is 38.6 Å². The van der Waals surface area contributed by atoms with E-state index in [1.165, 1.54) is 5.56 Å². The van der Waals surface area contributed by atoms with Crippen molar-refractivity contribution in [1.29, 1.82) is 5.26 Å². The van der Waals surface area contributed by atoms with Gasteiger partial charge < -0.3 is 9.84 Å². The summed E-state index contributed by atoms with van der Waals surface area (Å²) >= 11 is 0. The molecule has 0 bridgehead atoms.